The first kappa shape index (κ1) is 28.1. The molecule has 0 aromatic heterocycles. The Bertz CT molecular complexity index is 1460. The largest absolute Gasteiger partial charge is 0.496 e. The van der Waals surface area contributed by atoms with Crippen molar-refractivity contribution >= 4 is 67.8 Å². The fourth-order valence-corrected chi connectivity index (χ4v) is 6.22. The lowest BCUT2D eigenvalue weighted by Gasteiger charge is -2.36. The van der Waals surface area contributed by atoms with Crippen LogP contribution in [0.25, 0.3) is 0 Å². The van der Waals surface area contributed by atoms with Crippen molar-refractivity contribution in [3.8, 4) is 5.75 Å². The number of sulfonamides is 1. The van der Waals surface area contributed by atoms with E-state index in [2.05, 4.69) is 10.6 Å². The van der Waals surface area contributed by atoms with Crippen molar-refractivity contribution < 1.29 is 17.9 Å². The third-order valence-corrected chi connectivity index (χ3v) is 8.74. The van der Waals surface area contributed by atoms with Crippen LogP contribution < -0.4 is 20.3 Å². The van der Waals surface area contributed by atoms with Crippen LogP contribution in [0.1, 0.15) is 15.9 Å². The number of anilines is 2. The maximum Gasteiger partial charge on any atom is 0.261 e. The molecule has 12 heteroatoms. The molecular formula is C26H26Cl2N4O4S2. The number of thiocarbonyl (C=S) groups is 1. The Morgan fingerprint density at radius 2 is 1.68 bits per heavy atom. The zero-order valence-corrected chi connectivity index (χ0v) is 23.8. The van der Waals surface area contributed by atoms with Crippen LogP contribution in [0.4, 0.5) is 11.4 Å². The number of aryl methyl sites for hydroxylation is 1. The number of methoxy groups -OCH3 is 1. The van der Waals surface area contributed by atoms with Crippen LogP contribution in [0.3, 0.4) is 0 Å². The molecule has 0 saturated carbocycles. The molecule has 8 nitrogen and oxygen atoms in total. The molecule has 3 aromatic rings. The number of benzene rings is 3. The maximum absolute atomic E-state index is 13.1. The van der Waals surface area contributed by atoms with Crippen LogP contribution >= 0.6 is 35.4 Å². The predicted octanol–water partition coefficient (Wildman–Crippen LogP) is 4.95. The van der Waals surface area contributed by atoms with E-state index in [1.165, 1.54) is 17.5 Å². The summed E-state index contributed by atoms with van der Waals surface area (Å²) in [7, 11) is -2.14. The number of carbonyl (C=O) groups excluding carboxylic acids is 1. The van der Waals surface area contributed by atoms with E-state index in [1.807, 2.05) is 11.8 Å². The molecule has 2 N–H and O–H groups in total. The summed E-state index contributed by atoms with van der Waals surface area (Å²) >= 11 is 18.0. The number of hydrogen-bond acceptors (Lipinski definition) is 6. The molecule has 3 aromatic carbocycles. The fraction of sp³-hybridized carbons (Fsp3) is 0.231. The van der Waals surface area contributed by atoms with Crippen LogP contribution in [0.15, 0.2) is 65.6 Å². The third-order valence-electron chi connectivity index (χ3n) is 6.08. The number of rotatable bonds is 6. The van der Waals surface area contributed by atoms with Crippen molar-refractivity contribution in [2.24, 2.45) is 0 Å². The number of piperazine rings is 1. The molecule has 1 fully saturated rings. The second-order valence-electron chi connectivity index (χ2n) is 8.59. The summed E-state index contributed by atoms with van der Waals surface area (Å²) in [5.41, 5.74) is 2.48. The normalized spacial score (nSPS) is 14.2. The number of carbonyl (C=O) groups is 1. The molecule has 1 aliphatic heterocycles. The minimum absolute atomic E-state index is 0.0566. The van der Waals surface area contributed by atoms with Gasteiger partial charge in [0.25, 0.3) is 5.91 Å². The maximum atomic E-state index is 13.1. The van der Waals surface area contributed by atoms with Gasteiger partial charge < -0.3 is 15.0 Å². The monoisotopic (exact) mass is 592 g/mol. The van der Waals surface area contributed by atoms with Gasteiger partial charge in [0.15, 0.2) is 5.11 Å². The Balaban J connectivity index is 1.46. The van der Waals surface area contributed by atoms with Crippen LogP contribution in [0, 0.1) is 6.92 Å². The molecule has 0 aliphatic carbocycles. The van der Waals surface area contributed by atoms with Crippen molar-refractivity contribution in [1.82, 2.24) is 9.62 Å². The van der Waals surface area contributed by atoms with Crippen molar-refractivity contribution in [2.45, 2.75) is 11.8 Å². The fourth-order valence-electron chi connectivity index (χ4n) is 4.13. The summed E-state index contributed by atoms with van der Waals surface area (Å²) in [5.74, 6) is -0.128. The molecular weight excluding hydrogens is 567 g/mol. The van der Waals surface area contributed by atoms with Gasteiger partial charge >= 0.3 is 0 Å². The van der Waals surface area contributed by atoms with E-state index in [0.29, 0.717) is 40.3 Å². The number of nitrogens with zero attached hydrogens (tertiary/aromatic N) is 2. The van der Waals surface area contributed by atoms with E-state index in [9.17, 15) is 13.2 Å². The minimum atomic E-state index is -3.60. The lowest BCUT2D eigenvalue weighted by Crippen LogP contribution is -2.49. The summed E-state index contributed by atoms with van der Waals surface area (Å²) in [4.78, 5) is 15.1. The van der Waals surface area contributed by atoms with E-state index in [1.54, 1.807) is 54.6 Å². The Hall–Kier alpha value is -2.89. The molecule has 1 heterocycles. The van der Waals surface area contributed by atoms with Gasteiger partial charge in [-0.25, -0.2) is 8.42 Å². The lowest BCUT2D eigenvalue weighted by atomic mass is 10.2. The van der Waals surface area contributed by atoms with Gasteiger partial charge in [-0.05, 0) is 61.6 Å². The first-order valence-electron chi connectivity index (χ1n) is 11.7. The molecule has 200 valence electrons. The number of para-hydroxylation sites is 1. The smallest absolute Gasteiger partial charge is 0.261 e. The molecule has 0 radical (unpaired) electrons. The summed E-state index contributed by atoms with van der Waals surface area (Å²) in [6.07, 6.45) is 0. The molecule has 0 atom stereocenters. The lowest BCUT2D eigenvalue weighted by molar-refractivity contribution is 0.0974. The Labute approximate surface area is 237 Å². The summed E-state index contributed by atoms with van der Waals surface area (Å²) in [5, 5.41) is 6.59. The van der Waals surface area contributed by atoms with Crippen LogP contribution in [0.5, 0.6) is 5.75 Å². The number of ether oxygens (including phenoxy) is 1. The highest BCUT2D eigenvalue weighted by atomic mass is 35.5. The van der Waals surface area contributed by atoms with E-state index < -0.39 is 15.9 Å². The summed E-state index contributed by atoms with van der Waals surface area (Å²) in [6, 6.07) is 16.8. The quantitative estimate of drug-likeness (QED) is 0.391. The number of halogens is 2. The minimum Gasteiger partial charge on any atom is -0.496 e. The van der Waals surface area contributed by atoms with Gasteiger partial charge in [0, 0.05) is 31.2 Å². The Morgan fingerprint density at radius 1 is 1.00 bits per heavy atom. The molecule has 0 spiro atoms. The topological polar surface area (TPSA) is 91.0 Å². The molecule has 0 bridgehead atoms. The van der Waals surface area contributed by atoms with E-state index in [-0.39, 0.29) is 28.7 Å². The number of nitrogens with one attached hydrogen (secondary N) is 2. The van der Waals surface area contributed by atoms with Gasteiger partial charge in [0.2, 0.25) is 10.0 Å². The summed E-state index contributed by atoms with van der Waals surface area (Å²) < 4.78 is 32.9. The van der Waals surface area contributed by atoms with Crippen molar-refractivity contribution in [2.75, 3.05) is 43.5 Å². The third kappa shape index (κ3) is 6.22. The van der Waals surface area contributed by atoms with Crippen molar-refractivity contribution in [1.29, 1.82) is 0 Å². The highest BCUT2D eigenvalue weighted by Gasteiger charge is 2.30. The zero-order valence-electron chi connectivity index (χ0n) is 20.7. The van der Waals surface area contributed by atoms with Gasteiger partial charge in [-0.3, -0.25) is 10.1 Å². The van der Waals surface area contributed by atoms with Crippen LogP contribution in [0.2, 0.25) is 10.0 Å². The van der Waals surface area contributed by atoms with Crippen molar-refractivity contribution in [3.05, 3.63) is 81.8 Å². The van der Waals surface area contributed by atoms with Crippen molar-refractivity contribution in [3.63, 3.8) is 0 Å². The average Bonchev–Trinajstić information content (AvgIpc) is 2.89. The van der Waals surface area contributed by atoms with Crippen LogP contribution in [-0.4, -0.2) is 57.0 Å². The molecule has 38 heavy (non-hydrogen) atoms. The Morgan fingerprint density at radius 3 is 2.34 bits per heavy atom. The number of hydrogen-bond donors (Lipinski definition) is 2. The highest BCUT2D eigenvalue weighted by Crippen LogP contribution is 2.35. The molecule has 1 aliphatic rings. The first-order valence-corrected chi connectivity index (χ1v) is 14.3. The highest BCUT2D eigenvalue weighted by molar-refractivity contribution is 7.89. The van der Waals surface area contributed by atoms with Gasteiger partial charge in [-0.2, -0.15) is 4.31 Å². The van der Waals surface area contributed by atoms with Gasteiger partial charge in [-0.1, -0.05) is 47.0 Å². The first-order chi connectivity index (χ1) is 18.1. The molecule has 1 saturated heterocycles. The number of amides is 1. The SMILES string of the molecule is COc1ccc(Cl)cc1C(=O)NC(=S)Nc1cccc(Cl)c1N1CCN(S(=O)(=O)c2ccc(C)cc2)CC1. The van der Waals surface area contributed by atoms with Gasteiger partial charge in [0.1, 0.15) is 5.75 Å². The molecule has 1 amide bonds. The van der Waals surface area contributed by atoms with Crippen LogP contribution in [-0.2, 0) is 10.0 Å². The zero-order chi connectivity index (χ0) is 27.4. The average molecular weight is 594 g/mol. The molecule has 4 rings (SSSR count). The second kappa shape index (κ2) is 11.9. The Kier molecular flexibility index (Phi) is 8.79. The van der Waals surface area contributed by atoms with Gasteiger partial charge in [-0.15, -0.1) is 0 Å². The predicted molar refractivity (Wildman–Crippen MR) is 155 cm³/mol. The molecule has 0 unspecified atom stereocenters. The van der Waals surface area contributed by atoms with E-state index in [0.717, 1.165) is 5.56 Å². The standard InChI is InChI=1S/C26H26Cl2N4O4S2/c1-17-6-9-19(10-7-17)38(34,35)32-14-12-31(13-15-32)24-21(28)4-3-5-22(24)29-26(37)30-25(33)20-16-18(27)8-11-23(20)36-2/h3-11,16H,12-15H2,1-2H3,(H2,29,30,33,37). The van der Waals surface area contributed by atoms with Gasteiger partial charge in [0.05, 0.1) is 34.0 Å². The second-order valence-corrected chi connectivity index (χ2v) is 11.8. The van der Waals surface area contributed by atoms with E-state index in [4.69, 9.17) is 40.2 Å². The van der Waals surface area contributed by atoms with E-state index >= 15 is 0 Å². The summed E-state index contributed by atoms with van der Waals surface area (Å²) in [6.45, 7) is 3.33.